The van der Waals surface area contributed by atoms with E-state index < -0.39 is 0 Å². The van der Waals surface area contributed by atoms with E-state index in [-0.39, 0.29) is 0 Å². The lowest BCUT2D eigenvalue weighted by Gasteiger charge is -2.21. The van der Waals surface area contributed by atoms with E-state index in [9.17, 15) is 0 Å². The average molecular weight is 272 g/mol. The van der Waals surface area contributed by atoms with Crippen molar-refractivity contribution >= 4 is 17.3 Å². The Morgan fingerprint density at radius 1 is 1.10 bits per heavy atom. The fourth-order valence-corrected chi connectivity index (χ4v) is 2.36. The zero-order chi connectivity index (χ0) is 14.5. The smallest absolute Gasteiger partial charge is 0.207 e. The number of benzene rings is 1. The second-order valence-electron chi connectivity index (χ2n) is 4.84. The van der Waals surface area contributed by atoms with E-state index in [2.05, 4.69) is 71.0 Å². The zero-order valence-corrected chi connectivity index (χ0v) is 12.8. The summed E-state index contributed by atoms with van der Waals surface area (Å²) in [4.78, 5) is 6.84. The molecule has 1 aromatic carbocycles. The van der Waals surface area contributed by atoms with Crippen LogP contribution < -0.4 is 10.2 Å². The molecule has 1 aromatic heterocycles. The molecule has 4 nitrogen and oxygen atoms in total. The maximum Gasteiger partial charge on any atom is 0.207 e. The number of aromatic nitrogens is 2. The summed E-state index contributed by atoms with van der Waals surface area (Å²) in [5.74, 6) is 0.903. The Balaban J connectivity index is 2.14. The maximum absolute atomic E-state index is 4.51. The van der Waals surface area contributed by atoms with Crippen LogP contribution in [0.25, 0.3) is 0 Å². The lowest BCUT2D eigenvalue weighted by atomic mass is 10.2. The second kappa shape index (κ2) is 6.46. The molecule has 0 spiro atoms. The summed E-state index contributed by atoms with van der Waals surface area (Å²) < 4.78 is 2.12. The van der Waals surface area contributed by atoms with Crippen molar-refractivity contribution in [3.63, 3.8) is 0 Å². The molecular weight excluding hydrogens is 248 g/mol. The van der Waals surface area contributed by atoms with Gasteiger partial charge in [0.25, 0.3) is 0 Å². The van der Waals surface area contributed by atoms with Crippen LogP contribution in [0, 0.1) is 6.92 Å². The van der Waals surface area contributed by atoms with Crippen molar-refractivity contribution < 1.29 is 0 Å². The molecule has 0 atom stereocenters. The topological polar surface area (TPSA) is 33.1 Å². The summed E-state index contributed by atoms with van der Waals surface area (Å²) in [5.41, 5.74) is 3.37. The van der Waals surface area contributed by atoms with Gasteiger partial charge in [0.05, 0.1) is 5.69 Å². The summed E-state index contributed by atoms with van der Waals surface area (Å²) in [5, 5.41) is 3.38. The van der Waals surface area contributed by atoms with E-state index >= 15 is 0 Å². The third kappa shape index (κ3) is 3.13. The monoisotopic (exact) mass is 272 g/mol. The molecule has 108 valence electrons. The van der Waals surface area contributed by atoms with Crippen molar-refractivity contribution in [3.8, 4) is 0 Å². The number of aryl methyl sites for hydroxylation is 2. The molecular formula is C16H24N4. The largest absolute Gasteiger partial charge is 0.372 e. The zero-order valence-electron chi connectivity index (χ0n) is 12.8. The standard InChI is InChI=1S/C16H24N4/c1-5-19(6-2)15-10-8-14(9-11-15)18-16-17-13(4)12-20(16)7-3/h8-12H,5-7H2,1-4H3,(H,17,18). The number of nitrogens with one attached hydrogen (secondary N) is 1. The Bertz CT molecular complexity index is 538. The van der Waals surface area contributed by atoms with Crippen molar-refractivity contribution in [1.29, 1.82) is 0 Å². The third-order valence-electron chi connectivity index (χ3n) is 3.49. The van der Waals surface area contributed by atoms with Gasteiger partial charge in [0, 0.05) is 37.2 Å². The number of hydrogen-bond acceptors (Lipinski definition) is 3. The van der Waals surface area contributed by atoms with E-state index in [1.54, 1.807) is 0 Å². The minimum Gasteiger partial charge on any atom is -0.372 e. The van der Waals surface area contributed by atoms with Gasteiger partial charge < -0.3 is 14.8 Å². The van der Waals surface area contributed by atoms with Crippen LogP contribution in [0.15, 0.2) is 30.5 Å². The Hall–Kier alpha value is -1.97. The summed E-state index contributed by atoms with van der Waals surface area (Å²) >= 11 is 0. The van der Waals surface area contributed by atoms with Crippen molar-refractivity contribution in [2.24, 2.45) is 0 Å². The molecule has 0 unspecified atom stereocenters. The summed E-state index contributed by atoms with van der Waals surface area (Å²) in [7, 11) is 0. The normalized spacial score (nSPS) is 10.6. The highest BCUT2D eigenvalue weighted by Crippen LogP contribution is 2.21. The Kier molecular flexibility index (Phi) is 4.66. The molecule has 4 heteroatoms. The lowest BCUT2D eigenvalue weighted by molar-refractivity contribution is 0.771. The molecule has 0 radical (unpaired) electrons. The first kappa shape index (κ1) is 14.4. The van der Waals surface area contributed by atoms with Gasteiger partial charge in [-0.3, -0.25) is 0 Å². The molecule has 0 aliphatic rings. The first-order valence-corrected chi connectivity index (χ1v) is 7.33. The molecule has 0 aliphatic heterocycles. The number of hydrogen-bond donors (Lipinski definition) is 1. The highest BCUT2D eigenvalue weighted by molar-refractivity contribution is 5.59. The second-order valence-corrected chi connectivity index (χ2v) is 4.84. The minimum atomic E-state index is 0.903. The first-order chi connectivity index (χ1) is 9.67. The van der Waals surface area contributed by atoms with Crippen LogP contribution in [0.4, 0.5) is 17.3 Å². The van der Waals surface area contributed by atoms with Crippen molar-refractivity contribution in [1.82, 2.24) is 9.55 Å². The lowest BCUT2D eigenvalue weighted by Crippen LogP contribution is -2.21. The number of rotatable bonds is 6. The van der Waals surface area contributed by atoms with Crippen LogP contribution in [-0.2, 0) is 6.54 Å². The van der Waals surface area contributed by atoms with Crippen molar-refractivity contribution in [2.45, 2.75) is 34.2 Å². The van der Waals surface area contributed by atoms with Crippen LogP contribution in [0.1, 0.15) is 26.5 Å². The van der Waals surface area contributed by atoms with Crippen LogP contribution in [0.2, 0.25) is 0 Å². The van der Waals surface area contributed by atoms with E-state index in [1.807, 2.05) is 6.92 Å². The molecule has 0 bridgehead atoms. The summed E-state index contributed by atoms with van der Waals surface area (Å²) in [6, 6.07) is 8.53. The molecule has 0 amide bonds. The van der Waals surface area contributed by atoms with Crippen LogP contribution in [-0.4, -0.2) is 22.6 Å². The van der Waals surface area contributed by atoms with Gasteiger partial charge in [-0.2, -0.15) is 0 Å². The molecule has 0 aliphatic carbocycles. The Morgan fingerprint density at radius 2 is 1.75 bits per heavy atom. The van der Waals surface area contributed by atoms with E-state index in [0.29, 0.717) is 0 Å². The highest BCUT2D eigenvalue weighted by atomic mass is 15.2. The molecule has 1 heterocycles. The van der Waals surface area contributed by atoms with Gasteiger partial charge in [0.1, 0.15) is 0 Å². The van der Waals surface area contributed by atoms with Gasteiger partial charge in [0.15, 0.2) is 0 Å². The fraction of sp³-hybridized carbons (Fsp3) is 0.438. The Labute approximate surface area is 121 Å². The van der Waals surface area contributed by atoms with E-state index in [1.165, 1.54) is 5.69 Å². The molecule has 2 aromatic rings. The number of imidazole rings is 1. The van der Waals surface area contributed by atoms with Crippen LogP contribution in [0.5, 0.6) is 0 Å². The molecule has 20 heavy (non-hydrogen) atoms. The van der Waals surface area contributed by atoms with Crippen molar-refractivity contribution in [3.05, 3.63) is 36.2 Å². The van der Waals surface area contributed by atoms with Gasteiger partial charge in [-0.05, 0) is 52.0 Å². The number of anilines is 3. The maximum atomic E-state index is 4.51. The predicted molar refractivity (Wildman–Crippen MR) is 85.9 cm³/mol. The Morgan fingerprint density at radius 3 is 2.30 bits per heavy atom. The SMILES string of the molecule is CCN(CC)c1ccc(Nc2nc(C)cn2CC)cc1. The highest BCUT2D eigenvalue weighted by Gasteiger charge is 2.05. The number of nitrogens with zero attached hydrogens (tertiary/aromatic N) is 3. The molecule has 2 rings (SSSR count). The van der Waals surface area contributed by atoms with Crippen LogP contribution >= 0.6 is 0 Å². The molecule has 0 saturated heterocycles. The summed E-state index contributed by atoms with van der Waals surface area (Å²) in [6.45, 7) is 11.5. The summed E-state index contributed by atoms with van der Waals surface area (Å²) in [6.07, 6.45) is 2.06. The van der Waals surface area contributed by atoms with Gasteiger partial charge in [-0.15, -0.1) is 0 Å². The average Bonchev–Trinajstić information content (AvgIpc) is 2.82. The minimum absolute atomic E-state index is 0.903. The van der Waals surface area contributed by atoms with E-state index in [4.69, 9.17) is 0 Å². The van der Waals surface area contributed by atoms with Gasteiger partial charge >= 0.3 is 0 Å². The third-order valence-corrected chi connectivity index (χ3v) is 3.49. The fourth-order valence-electron chi connectivity index (χ4n) is 2.36. The van der Waals surface area contributed by atoms with Gasteiger partial charge in [0.2, 0.25) is 5.95 Å². The van der Waals surface area contributed by atoms with E-state index in [0.717, 1.165) is 37.0 Å². The van der Waals surface area contributed by atoms with Crippen LogP contribution in [0.3, 0.4) is 0 Å². The molecule has 0 saturated carbocycles. The van der Waals surface area contributed by atoms with Gasteiger partial charge in [-0.25, -0.2) is 4.98 Å². The van der Waals surface area contributed by atoms with Crippen molar-refractivity contribution in [2.75, 3.05) is 23.3 Å². The first-order valence-electron chi connectivity index (χ1n) is 7.33. The molecule has 0 fully saturated rings. The molecule has 1 N–H and O–H groups in total. The quantitative estimate of drug-likeness (QED) is 0.868. The van der Waals surface area contributed by atoms with Gasteiger partial charge in [-0.1, -0.05) is 0 Å². The predicted octanol–water partition coefficient (Wildman–Crippen LogP) is 3.80.